The Bertz CT molecular complexity index is 1130. The van der Waals surface area contributed by atoms with Crippen molar-refractivity contribution >= 4 is 44.2 Å². The van der Waals surface area contributed by atoms with E-state index in [4.69, 9.17) is 0 Å². The summed E-state index contributed by atoms with van der Waals surface area (Å²) < 4.78 is 1.74. The molecule has 2 aromatic heterocycles. The minimum atomic E-state index is -0.366. The molecule has 150 valence electrons. The van der Waals surface area contributed by atoms with Crippen molar-refractivity contribution in [2.45, 2.75) is 32.7 Å². The molecule has 8 nitrogen and oxygen atoms in total. The lowest BCUT2D eigenvalue weighted by atomic mass is 10.1. The zero-order valence-electron chi connectivity index (χ0n) is 16.1. The van der Waals surface area contributed by atoms with Crippen LogP contribution in [0.5, 0.6) is 0 Å². The molecule has 4 rings (SSSR count). The molecule has 0 bridgehead atoms. The van der Waals surface area contributed by atoms with Crippen molar-refractivity contribution in [2.75, 3.05) is 23.3 Å². The third-order valence-corrected chi connectivity index (χ3v) is 5.96. The molecule has 1 aromatic carbocycles. The Kier molecular flexibility index (Phi) is 5.39. The maximum atomic E-state index is 12.8. The monoisotopic (exact) mass is 411 g/mol. The van der Waals surface area contributed by atoms with Crippen molar-refractivity contribution in [3.8, 4) is 0 Å². The summed E-state index contributed by atoms with van der Waals surface area (Å²) in [6.45, 7) is 3.18. The van der Waals surface area contributed by atoms with Crippen molar-refractivity contribution in [2.24, 2.45) is 0 Å². The van der Waals surface area contributed by atoms with Gasteiger partial charge in [0.1, 0.15) is 17.6 Å². The van der Waals surface area contributed by atoms with Gasteiger partial charge in [0.2, 0.25) is 5.91 Å². The summed E-state index contributed by atoms with van der Waals surface area (Å²) in [5, 5.41) is 3.53. The highest BCUT2D eigenvalue weighted by molar-refractivity contribution is 7.22. The van der Waals surface area contributed by atoms with Crippen molar-refractivity contribution in [3.05, 3.63) is 46.5 Å². The first kappa shape index (κ1) is 19.3. The zero-order valence-corrected chi connectivity index (χ0v) is 16.9. The highest BCUT2D eigenvalue weighted by atomic mass is 32.1. The lowest BCUT2D eigenvalue weighted by Crippen LogP contribution is -2.29. The largest absolute Gasteiger partial charge is 0.348 e. The Hall–Kier alpha value is -3.07. The van der Waals surface area contributed by atoms with E-state index in [1.165, 1.54) is 35.6 Å². The van der Waals surface area contributed by atoms with Gasteiger partial charge in [-0.3, -0.25) is 19.0 Å². The number of rotatable bonds is 5. The van der Waals surface area contributed by atoms with Crippen LogP contribution in [0.4, 0.5) is 10.8 Å². The van der Waals surface area contributed by atoms with E-state index in [2.05, 4.69) is 20.2 Å². The number of piperidine rings is 1. The molecule has 0 saturated carbocycles. The van der Waals surface area contributed by atoms with Crippen LogP contribution in [0.25, 0.3) is 10.3 Å². The van der Waals surface area contributed by atoms with Crippen LogP contribution in [0.3, 0.4) is 0 Å². The minimum Gasteiger partial charge on any atom is -0.348 e. The van der Waals surface area contributed by atoms with Gasteiger partial charge >= 0.3 is 0 Å². The smallest absolute Gasteiger partial charge is 0.273 e. The van der Waals surface area contributed by atoms with Gasteiger partial charge in [-0.15, -0.1) is 0 Å². The standard InChI is InChI=1S/C20H21N5O3S/c1-13(26)14-6-5-7-15(10-14)22-16(27)11-25-12-21-18-17(19(25)28)29-20(23-18)24-8-3-2-4-9-24/h5-7,10,12H,2-4,8-9,11H2,1H3,(H,22,27). The number of benzene rings is 1. The van der Waals surface area contributed by atoms with Crippen molar-refractivity contribution in [3.63, 3.8) is 0 Å². The highest BCUT2D eigenvalue weighted by Gasteiger charge is 2.18. The molecule has 9 heteroatoms. The van der Waals surface area contributed by atoms with E-state index >= 15 is 0 Å². The number of carbonyl (C=O) groups excluding carboxylic acids is 2. The zero-order chi connectivity index (χ0) is 20.4. The Morgan fingerprint density at radius 1 is 1.21 bits per heavy atom. The molecule has 1 saturated heterocycles. The van der Waals surface area contributed by atoms with E-state index in [1.54, 1.807) is 24.3 Å². The number of carbonyl (C=O) groups is 2. The number of nitrogens with zero attached hydrogens (tertiary/aromatic N) is 4. The lowest BCUT2D eigenvalue weighted by molar-refractivity contribution is -0.116. The van der Waals surface area contributed by atoms with Gasteiger partial charge in [0.15, 0.2) is 16.6 Å². The van der Waals surface area contributed by atoms with Crippen LogP contribution in [0, 0.1) is 0 Å². The molecule has 3 aromatic rings. The molecule has 0 unspecified atom stereocenters. The van der Waals surface area contributed by atoms with Gasteiger partial charge in [0.25, 0.3) is 5.56 Å². The molecule has 1 aliphatic rings. The van der Waals surface area contributed by atoms with E-state index in [0.717, 1.165) is 31.1 Å². The van der Waals surface area contributed by atoms with Gasteiger partial charge in [-0.2, -0.15) is 4.98 Å². The Balaban J connectivity index is 1.52. The molecule has 1 fully saturated rings. The quantitative estimate of drug-likeness (QED) is 0.649. The number of amides is 1. The van der Waals surface area contributed by atoms with Crippen LogP contribution in [-0.2, 0) is 11.3 Å². The summed E-state index contributed by atoms with van der Waals surface area (Å²) in [5.74, 6) is -0.448. The number of Topliss-reactive ketones (excluding diaryl/α,β-unsaturated/α-hetero) is 1. The van der Waals surface area contributed by atoms with Crippen molar-refractivity contribution in [1.29, 1.82) is 0 Å². The van der Waals surface area contributed by atoms with Gasteiger partial charge in [0, 0.05) is 24.3 Å². The molecule has 0 atom stereocenters. The number of hydrogen-bond donors (Lipinski definition) is 1. The number of anilines is 2. The van der Waals surface area contributed by atoms with Gasteiger partial charge in [-0.1, -0.05) is 23.5 Å². The second-order valence-electron chi connectivity index (χ2n) is 7.06. The first-order valence-electron chi connectivity index (χ1n) is 9.53. The number of aromatic nitrogens is 3. The molecule has 0 spiro atoms. The van der Waals surface area contributed by atoms with E-state index in [9.17, 15) is 14.4 Å². The highest BCUT2D eigenvalue weighted by Crippen LogP contribution is 2.27. The summed E-state index contributed by atoms with van der Waals surface area (Å²) >= 11 is 1.33. The summed E-state index contributed by atoms with van der Waals surface area (Å²) in [7, 11) is 0. The number of thiazole rings is 1. The maximum Gasteiger partial charge on any atom is 0.273 e. The van der Waals surface area contributed by atoms with Crippen LogP contribution in [-0.4, -0.2) is 39.3 Å². The van der Waals surface area contributed by atoms with E-state index in [0.29, 0.717) is 21.6 Å². The van der Waals surface area contributed by atoms with Gasteiger partial charge in [0.05, 0.1) is 0 Å². The predicted molar refractivity (Wildman–Crippen MR) is 113 cm³/mol. The molecular formula is C20H21N5O3S. The molecule has 0 aliphatic carbocycles. The van der Waals surface area contributed by atoms with E-state index in [-0.39, 0.29) is 23.8 Å². The fourth-order valence-electron chi connectivity index (χ4n) is 3.34. The first-order chi connectivity index (χ1) is 14.0. The maximum absolute atomic E-state index is 12.8. The molecule has 29 heavy (non-hydrogen) atoms. The topological polar surface area (TPSA) is 97.2 Å². The molecule has 1 amide bonds. The number of ketones is 1. The van der Waals surface area contributed by atoms with Crippen molar-refractivity contribution < 1.29 is 9.59 Å². The van der Waals surface area contributed by atoms with E-state index in [1.807, 2.05) is 0 Å². The predicted octanol–water partition coefficient (Wildman–Crippen LogP) is 2.68. The molecule has 3 heterocycles. The Morgan fingerprint density at radius 2 is 2.00 bits per heavy atom. The van der Waals surface area contributed by atoms with Crippen molar-refractivity contribution in [1.82, 2.24) is 14.5 Å². The number of hydrogen-bond acceptors (Lipinski definition) is 7. The Labute approximate surface area is 171 Å². The average Bonchev–Trinajstić information content (AvgIpc) is 3.16. The number of fused-ring (bicyclic) bond motifs is 1. The molecule has 1 aliphatic heterocycles. The second-order valence-corrected chi connectivity index (χ2v) is 8.04. The third kappa shape index (κ3) is 4.19. The van der Waals surface area contributed by atoms with Crippen LogP contribution >= 0.6 is 11.3 Å². The molecular weight excluding hydrogens is 390 g/mol. The summed E-state index contributed by atoms with van der Waals surface area (Å²) in [6, 6.07) is 6.69. The summed E-state index contributed by atoms with van der Waals surface area (Å²) in [5.41, 5.74) is 1.17. The second kappa shape index (κ2) is 8.12. The van der Waals surface area contributed by atoms with E-state index < -0.39 is 0 Å². The van der Waals surface area contributed by atoms with Gasteiger partial charge < -0.3 is 10.2 Å². The van der Waals surface area contributed by atoms with Crippen LogP contribution in [0.15, 0.2) is 35.4 Å². The van der Waals surface area contributed by atoms with Crippen LogP contribution in [0.1, 0.15) is 36.5 Å². The lowest BCUT2D eigenvalue weighted by Gasteiger charge is -2.25. The van der Waals surface area contributed by atoms with Gasteiger partial charge in [-0.05, 0) is 38.3 Å². The fraction of sp³-hybridized carbons (Fsp3) is 0.350. The first-order valence-corrected chi connectivity index (χ1v) is 10.3. The fourth-order valence-corrected chi connectivity index (χ4v) is 4.36. The normalized spacial score (nSPS) is 14.2. The molecule has 1 N–H and O–H groups in total. The third-order valence-electron chi connectivity index (χ3n) is 4.87. The summed E-state index contributed by atoms with van der Waals surface area (Å²) in [6.07, 6.45) is 4.82. The SMILES string of the molecule is CC(=O)c1cccc(NC(=O)Cn2cnc3nc(N4CCCCC4)sc3c2=O)c1. The van der Waals surface area contributed by atoms with Crippen LogP contribution in [0.2, 0.25) is 0 Å². The Morgan fingerprint density at radius 3 is 2.76 bits per heavy atom. The van der Waals surface area contributed by atoms with Crippen LogP contribution < -0.4 is 15.8 Å². The minimum absolute atomic E-state index is 0.0818. The summed E-state index contributed by atoms with van der Waals surface area (Å²) in [4.78, 5) is 47.6. The molecule has 0 radical (unpaired) electrons. The average molecular weight is 411 g/mol. The number of nitrogens with one attached hydrogen (secondary N) is 1. The van der Waals surface area contributed by atoms with Gasteiger partial charge in [-0.25, -0.2) is 4.98 Å².